The molecule has 27 heavy (non-hydrogen) atoms. The molecule has 0 spiro atoms. The normalized spacial score (nSPS) is 12.6. The van der Waals surface area contributed by atoms with Crippen molar-refractivity contribution in [1.82, 2.24) is 0 Å². The van der Waals surface area contributed by atoms with Gasteiger partial charge in [-0.15, -0.1) is 0 Å². The maximum absolute atomic E-state index is 13.1. The number of aromatic carboxylic acids is 1. The first-order valence-electron chi connectivity index (χ1n) is 8.87. The molecule has 0 bridgehead atoms. The van der Waals surface area contributed by atoms with Gasteiger partial charge in [-0.05, 0) is 58.0 Å². The predicted octanol–water partition coefficient (Wildman–Crippen LogP) is 4.53. The van der Waals surface area contributed by atoms with E-state index in [4.69, 9.17) is 13.9 Å². The molecule has 6 nitrogen and oxygen atoms in total. The second kappa shape index (κ2) is 7.40. The lowest BCUT2D eigenvalue weighted by atomic mass is 10.0. The first-order valence-corrected chi connectivity index (χ1v) is 8.87. The molecule has 1 aromatic heterocycles. The second-order valence-electron chi connectivity index (χ2n) is 6.60. The first kappa shape index (κ1) is 18.9. The number of fused-ring (bicyclic) bond motifs is 2. The standard InChI is InChI=1S/C21H22O6/c1-5-25-12(4)15-9-14(26-11(2)3)10-17-19(22)16-8-13(21(23)24)6-7-18(16)27-20(15)17/h6-12H,5H2,1-4H3,(H,23,24). The van der Waals surface area contributed by atoms with Crippen LogP contribution >= 0.6 is 0 Å². The van der Waals surface area contributed by atoms with Crippen molar-refractivity contribution >= 4 is 27.9 Å². The quantitative estimate of drug-likeness (QED) is 0.642. The van der Waals surface area contributed by atoms with Gasteiger partial charge in [0.25, 0.3) is 0 Å². The van der Waals surface area contributed by atoms with Crippen LogP contribution in [0.5, 0.6) is 5.75 Å². The van der Waals surface area contributed by atoms with Crippen molar-refractivity contribution in [1.29, 1.82) is 0 Å². The summed E-state index contributed by atoms with van der Waals surface area (Å²) in [5.41, 5.74) is 1.21. The van der Waals surface area contributed by atoms with Gasteiger partial charge in [-0.25, -0.2) is 4.79 Å². The van der Waals surface area contributed by atoms with Crippen LogP contribution in [0.2, 0.25) is 0 Å². The molecule has 0 aliphatic carbocycles. The van der Waals surface area contributed by atoms with Crippen LogP contribution in [-0.4, -0.2) is 23.8 Å². The highest BCUT2D eigenvalue weighted by Gasteiger charge is 2.19. The van der Waals surface area contributed by atoms with Crippen LogP contribution in [0.25, 0.3) is 21.9 Å². The molecule has 2 aromatic carbocycles. The van der Waals surface area contributed by atoms with E-state index < -0.39 is 5.97 Å². The van der Waals surface area contributed by atoms with Gasteiger partial charge >= 0.3 is 5.97 Å². The molecular formula is C21H22O6. The van der Waals surface area contributed by atoms with Gasteiger partial charge in [0.1, 0.15) is 16.9 Å². The van der Waals surface area contributed by atoms with E-state index in [0.29, 0.717) is 34.5 Å². The average molecular weight is 370 g/mol. The summed E-state index contributed by atoms with van der Waals surface area (Å²) in [6.45, 7) is 8.09. The van der Waals surface area contributed by atoms with Gasteiger partial charge < -0.3 is 19.0 Å². The summed E-state index contributed by atoms with van der Waals surface area (Å²) in [6, 6.07) is 7.72. The van der Waals surface area contributed by atoms with Gasteiger partial charge in [0.2, 0.25) is 5.43 Å². The highest BCUT2D eigenvalue weighted by atomic mass is 16.5. The van der Waals surface area contributed by atoms with E-state index in [-0.39, 0.29) is 28.6 Å². The van der Waals surface area contributed by atoms with Gasteiger partial charge in [-0.2, -0.15) is 0 Å². The van der Waals surface area contributed by atoms with E-state index in [9.17, 15) is 14.7 Å². The van der Waals surface area contributed by atoms with Gasteiger partial charge in [-0.1, -0.05) is 0 Å². The van der Waals surface area contributed by atoms with Crippen LogP contribution in [0, 0.1) is 0 Å². The summed E-state index contributed by atoms with van der Waals surface area (Å²) in [7, 11) is 0. The number of carboxylic acid groups (broad SMARTS) is 1. The number of hydrogen-bond acceptors (Lipinski definition) is 5. The molecule has 0 saturated carbocycles. The van der Waals surface area contributed by atoms with Crippen LogP contribution in [0.3, 0.4) is 0 Å². The summed E-state index contributed by atoms with van der Waals surface area (Å²) < 4.78 is 17.5. The molecular weight excluding hydrogens is 348 g/mol. The highest BCUT2D eigenvalue weighted by Crippen LogP contribution is 2.32. The van der Waals surface area contributed by atoms with E-state index in [0.717, 1.165) is 0 Å². The number of carboxylic acids is 1. The molecule has 1 unspecified atom stereocenters. The van der Waals surface area contributed by atoms with E-state index >= 15 is 0 Å². The summed E-state index contributed by atoms with van der Waals surface area (Å²) in [5, 5.41) is 9.76. The van der Waals surface area contributed by atoms with Crippen molar-refractivity contribution in [2.24, 2.45) is 0 Å². The predicted molar refractivity (Wildman–Crippen MR) is 103 cm³/mol. The Morgan fingerprint density at radius 3 is 2.52 bits per heavy atom. The smallest absolute Gasteiger partial charge is 0.335 e. The molecule has 0 radical (unpaired) electrons. The van der Waals surface area contributed by atoms with Crippen LogP contribution < -0.4 is 10.2 Å². The van der Waals surface area contributed by atoms with Crippen LogP contribution in [-0.2, 0) is 4.74 Å². The maximum atomic E-state index is 13.1. The Bertz CT molecular complexity index is 1060. The Kier molecular flexibility index (Phi) is 5.19. The topological polar surface area (TPSA) is 86.0 Å². The number of carbonyl (C=O) groups is 1. The fraction of sp³-hybridized carbons (Fsp3) is 0.333. The fourth-order valence-corrected chi connectivity index (χ4v) is 3.07. The van der Waals surface area contributed by atoms with Crippen LogP contribution in [0.15, 0.2) is 39.5 Å². The molecule has 1 N–H and O–H groups in total. The number of benzene rings is 2. The molecule has 1 heterocycles. The zero-order valence-electron chi connectivity index (χ0n) is 15.7. The third-order valence-electron chi connectivity index (χ3n) is 4.25. The van der Waals surface area contributed by atoms with Gasteiger partial charge in [0.15, 0.2) is 0 Å². The van der Waals surface area contributed by atoms with Gasteiger partial charge in [0, 0.05) is 12.2 Å². The lowest BCUT2D eigenvalue weighted by Crippen LogP contribution is -2.10. The van der Waals surface area contributed by atoms with E-state index in [1.807, 2.05) is 33.8 Å². The maximum Gasteiger partial charge on any atom is 0.335 e. The highest BCUT2D eigenvalue weighted by molar-refractivity contribution is 5.96. The zero-order chi connectivity index (χ0) is 19.7. The third kappa shape index (κ3) is 3.66. The van der Waals surface area contributed by atoms with Gasteiger partial charge in [0.05, 0.1) is 28.5 Å². The second-order valence-corrected chi connectivity index (χ2v) is 6.60. The molecule has 0 aliphatic heterocycles. The first-order chi connectivity index (χ1) is 12.8. The molecule has 3 aromatic rings. The monoisotopic (exact) mass is 370 g/mol. The minimum absolute atomic E-state index is 0.0339. The zero-order valence-corrected chi connectivity index (χ0v) is 15.7. The van der Waals surface area contributed by atoms with Crippen LogP contribution in [0.1, 0.15) is 49.7 Å². The summed E-state index contributed by atoms with van der Waals surface area (Å²) in [5.74, 6) is -0.556. The van der Waals surface area contributed by atoms with Crippen molar-refractivity contribution in [2.75, 3.05) is 6.61 Å². The Labute approximate surface area is 156 Å². The minimum atomic E-state index is -1.10. The summed E-state index contributed by atoms with van der Waals surface area (Å²) >= 11 is 0. The molecule has 1 atom stereocenters. The van der Waals surface area contributed by atoms with Crippen molar-refractivity contribution in [3.8, 4) is 5.75 Å². The van der Waals surface area contributed by atoms with Crippen molar-refractivity contribution in [2.45, 2.75) is 39.9 Å². The molecule has 0 amide bonds. The van der Waals surface area contributed by atoms with E-state index in [2.05, 4.69) is 0 Å². The lowest BCUT2D eigenvalue weighted by Gasteiger charge is -2.17. The molecule has 0 saturated heterocycles. The van der Waals surface area contributed by atoms with Crippen molar-refractivity contribution < 1.29 is 23.8 Å². The molecule has 3 rings (SSSR count). The molecule has 0 fully saturated rings. The number of rotatable bonds is 6. The van der Waals surface area contributed by atoms with E-state index in [1.54, 1.807) is 6.07 Å². The summed E-state index contributed by atoms with van der Waals surface area (Å²) in [6.07, 6.45) is -0.365. The fourth-order valence-electron chi connectivity index (χ4n) is 3.07. The third-order valence-corrected chi connectivity index (χ3v) is 4.25. The van der Waals surface area contributed by atoms with E-state index in [1.165, 1.54) is 18.2 Å². The Balaban J connectivity index is 2.35. The summed E-state index contributed by atoms with van der Waals surface area (Å²) in [4.78, 5) is 24.3. The van der Waals surface area contributed by atoms with Crippen LogP contribution in [0.4, 0.5) is 0 Å². The van der Waals surface area contributed by atoms with Gasteiger partial charge in [-0.3, -0.25) is 4.79 Å². The molecule has 6 heteroatoms. The Hall–Kier alpha value is -2.86. The SMILES string of the molecule is CCOC(C)c1cc(OC(C)C)cc2c(=O)c3cc(C(=O)O)ccc3oc12. The largest absolute Gasteiger partial charge is 0.491 e. The Morgan fingerprint density at radius 1 is 1.15 bits per heavy atom. The molecule has 142 valence electrons. The minimum Gasteiger partial charge on any atom is -0.491 e. The lowest BCUT2D eigenvalue weighted by molar-refractivity contribution is 0.0697. The number of hydrogen-bond donors (Lipinski definition) is 1. The van der Waals surface area contributed by atoms with Crippen molar-refractivity contribution in [3.05, 3.63) is 51.7 Å². The molecule has 0 aliphatic rings. The average Bonchev–Trinajstić information content (AvgIpc) is 2.61. The van der Waals surface area contributed by atoms with Crippen molar-refractivity contribution in [3.63, 3.8) is 0 Å². The Morgan fingerprint density at radius 2 is 1.89 bits per heavy atom. The number of ether oxygens (including phenoxy) is 2.